The Morgan fingerprint density at radius 2 is 2.04 bits per heavy atom. The summed E-state index contributed by atoms with van der Waals surface area (Å²) in [4.78, 5) is 12.9. The van der Waals surface area contributed by atoms with E-state index in [4.69, 9.17) is 9.47 Å². The number of fused-ring (bicyclic) bond motifs is 1. The zero-order valence-electron chi connectivity index (χ0n) is 13.5. The zero-order chi connectivity index (χ0) is 17.2. The standard InChI is InChI=1S/C20H19FO3/c1-14-12-20(19(22)23-2,15-8-10-16(21)11-9-15)17-6-4-3-5-7-18(17)24-13-14/h3-11,17H,1,12-13H2,2H3/t17-,20+/m1/s1. The van der Waals surface area contributed by atoms with Gasteiger partial charge in [-0.05, 0) is 35.8 Å². The first-order chi connectivity index (χ1) is 11.6. The Morgan fingerprint density at radius 3 is 2.75 bits per heavy atom. The number of benzene rings is 1. The Morgan fingerprint density at radius 1 is 1.29 bits per heavy atom. The topological polar surface area (TPSA) is 35.5 Å². The van der Waals surface area contributed by atoms with E-state index >= 15 is 0 Å². The minimum atomic E-state index is -1.04. The number of allylic oxidation sites excluding steroid dienone is 5. The molecule has 3 rings (SSSR count). The largest absolute Gasteiger partial charge is 0.493 e. The van der Waals surface area contributed by atoms with Gasteiger partial charge in [0.2, 0.25) is 0 Å². The Bertz CT molecular complexity index is 743. The van der Waals surface area contributed by atoms with E-state index in [1.807, 2.05) is 30.4 Å². The van der Waals surface area contributed by atoms with Crippen molar-refractivity contribution in [2.45, 2.75) is 11.8 Å². The SMILES string of the molecule is C=C1COC2=CC=CC=C[C@H]2[C@@](C(=O)OC)(c2ccc(F)cc2)C1. The molecule has 2 aliphatic rings. The van der Waals surface area contributed by atoms with Crippen LogP contribution in [0.4, 0.5) is 4.39 Å². The van der Waals surface area contributed by atoms with Gasteiger partial charge in [-0.1, -0.05) is 43.0 Å². The van der Waals surface area contributed by atoms with Crippen molar-refractivity contribution in [1.82, 2.24) is 0 Å². The lowest BCUT2D eigenvalue weighted by molar-refractivity contribution is -0.149. The van der Waals surface area contributed by atoms with Gasteiger partial charge in [-0.25, -0.2) is 4.39 Å². The number of hydrogen-bond acceptors (Lipinski definition) is 3. The van der Waals surface area contributed by atoms with Crippen LogP contribution in [0.25, 0.3) is 0 Å². The number of hydrogen-bond donors (Lipinski definition) is 0. The second-order valence-electron chi connectivity index (χ2n) is 6.00. The van der Waals surface area contributed by atoms with Gasteiger partial charge in [-0.15, -0.1) is 0 Å². The molecule has 0 amide bonds. The molecule has 0 aromatic heterocycles. The van der Waals surface area contributed by atoms with Gasteiger partial charge < -0.3 is 9.47 Å². The Hall–Kier alpha value is -2.62. The number of esters is 1. The molecule has 0 bridgehead atoms. The molecular weight excluding hydrogens is 307 g/mol. The van der Waals surface area contributed by atoms with Crippen molar-refractivity contribution in [3.63, 3.8) is 0 Å². The highest BCUT2D eigenvalue weighted by atomic mass is 19.1. The molecule has 1 saturated heterocycles. The van der Waals surface area contributed by atoms with E-state index in [0.29, 0.717) is 24.4 Å². The molecule has 1 fully saturated rings. The van der Waals surface area contributed by atoms with Crippen LogP contribution >= 0.6 is 0 Å². The molecule has 24 heavy (non-hydrogen) atoms. The van der Waals surface area contributed by atoms with Crippen LogP contribution in [-0.4, -0.2) is 19.7 Å². The van der Waals surface area contributed by atoms with Gasteiger partial charge in [0.1, 0.15) is 23.6 Å². The first kappa shape index (κ1) is 16.2. The van der Waals surface area contributed by atoms with E-state index in [1.165, 1.54) is 19.2 Å². The van der Waals surface area contributed by atoms with E-state index < -0.39 is 5.41 Å². The van der Waals surface area contributed by atoms with Crippen LogP contribution in [0.1, 0.15) is 12.0 Å². The molecule has 0 spiro atoms. The summed E-state index contributed by atoms with van der Waals surface area (Å²) in [5, 5.41) is 0. The fraction of sp³-hybridized carbons (Fsp3) is 0.250. The van der Waals surface area contributed by atoms with Gasteiger partial charge >= 0.3 is 5.97 Å². The average molecular weight is 326 g/mol. The summed E-state index contributed by atoms with van der Waals surface area (Å²) in [5.74, 6) is -0.419. The van der Waals surface area contributed by atoms with Crippen LogP contribution in [-0.2, 0) is 19.7 Å². The van der Waals surface area contributed by atoms with Gasteiger partial charge in [0, 0.05) is 0 Å². The highest BCUT2D eigenvalue weighted by molar-refractivity contribution is 5.85. The normalized spacial score (nSPS) is 25.8. The maximum absolute atomic E-state index is 13.4. The van der Waals surface area contributed by atoms with Crippen LogP contribution in [0, 0.1) is 11.7 Å². The van der Waals surface area contributed by atoms with E-state index in [1.54, 1.807) is 12.1 Å². The summed E-state index contributed by atoms with van der Waals surface area (Å²) in [6.07, 6.45) is 9.78. The van der Waals surface area contributed by atoms with Gasteiger partial charge in [0.15, 0.2) is 0 Å². The first-order valence-electron chi connectivity index (χ1n) is 7.77. The third kappa shape index (κ3) is 2.68. The Labute approximate surface area is 140 Å². The lowest BCUT2D eigenvalue weighted by Gasteiger charge is -2.36. The number of carbonyl (C=O) groups is 1. The molecular formula is C20H19FO3. The molecule has 0 unspecified atom stereocenters. The van der Waals surface area contributed by atoms with E-state index in [-0.39, 0.29) is 17.7 Å². The highest BCUT2D eigenvalue weighted by Gasteiger charge is 2.51. The van der Waals surface area contributed by atoms with Crippen molar-refractivity contribution in [2.24, 2.45) is 5.92 Å². The summed E-state index contributed by atoms with van der Waals surface area (Å²) in [7, 11) is 1.37. The predicted molar refractivity (Wildman–Crippen MR) is 89.7 cm³/mol. The average Bonchev–Trinajstić information content (AvgIpc) is 2.90. The molecule has 1 aromatic rings. The van der Waals surface area contributed by atoms with Crippen LogP contribution in [0.5, 0.6) is 0 Å². The van der Waals surface area contributed by atoms with E-state index in [9.17, 15) is 9.18 Å². The molecule has 1 aliphatic heterocycles. The van der Waals surface area contributed by atoms with Gasteiger partial charge in [-0.3, -0.25) is 4.79 Å². The minimum Gasteiger partial charge on any atom is -0.493 e. The summed E-state index contributed by atoms with van der Waals surface area (Å²) in [5.41, 5.74) is 0.436. The molecule has 2 atom stereocenters. The smallest absolute Gasteiger partial charge is 0.317 e. The van der Waals surface area contributed by atoms with Crippen LogP contribution in [0.2, 0.25) is 0 Å². The molecule has 124 valence electrons. The van der Waals surface area contributed by atoms with Crippen molar-refractivity contribution in [2.75, 3.05) is 13.7 Å². The van der Waals surface area contributed by atoms with Crippen molar-refractivity contribution in [3.05, 3.63) is 83.9 Å². The van der Waals surface area contributed by atoms with Crippen molar-refractivity contribution < 1.29 is 18.7 Å². The van der Waals surface area contributed by atoms with Gasteiger partial charge in [-0.2, -0.15) is 0 Å². The van der Waals surface area contributed by atoms with Crippen LogP contribution < -0.4 is 0 Å². The number of halogens is 1. The third-order valence-electron chi connectivity index (χ3n) is 4.50. The number of methoxy groups -OCH3 is 1. The summed E-state index contributed by atoms with van der Waals surface area (Å²) < 4.78 is 24.5. The Kier molecular flexibility index (Phi) is 4.38. The highest BCUT2D eigenvalue weighted by Crippen LogP contribution is 2.46. The van der Waals surface area contributed by atoms with Gasteiger partial charge in [0.25, 0.3) is 0 Å². The van der Waals surface area contributed by atoms with Crippen molar-refractivity contribution in [1.29, 1.82) is 0 Å². The molecule has 3 nitrogen and oxygen atoms in total. The van der Waals surface area contributed by atoms with E-state index in [0.717, 1.165) is 5.57 Å². The second-order valence-corrected chi connectivity index (χ2v) is 6.00. The summed E-state index contributed by atoms with van der Waals surface area (Å²) in [6, 6.07) is 5.98. The zero-order valence-corrected chi connectivity index (χ0v) is 13.5. The molecule has 0 saturated carbocycles. The summed E-state index contributed by atoms with van der Waals surface area (Å²) in [6.45, 7) is 4.37. The number of ether oxygens (including phenoxy) is 2. The maximum Gasteiger partial charge on any atom is 0.317 e. The predicted octanol–water partition coefficient (Wildman–Crippen LogP) is 3.84. The third-order valence-corrected chi connectivity index (χ3v) is 4.50. The monoisotopic (exact) mass is 326 g/mol. The number of carbonyl (C=O) groups excluding carboxylic acids is 1. The van der Waals surface area contributed by atoms with Gasteiger partial charge in [0.05, 0.1) is 13.0 Å². The second kappa shape index (κ2) is 6.48. The number of rotatable bonds is 2. The molecule has 1 heterocycles. The molecule has 1 aliphatic carbocycles. The molecule has 4 heteroatoms. The lowest BCUT2D eigenvalue weighted by Crippen LogP contribution is -2.43. The lowest BCUT2D eigenvalue weighted by atomic mass is 9.66. The Balaban J connectivity index is 2.25. The molecule has 0 N–H and O–H groups in total. The molecule has 1 aromatic carbocycles. The fourth-order valence-electron chi connectivity index (χ4n) is 3.40. The van der Waals surface area contributed by atoms with Crippen molar-refractivity contribution >= 4 is 5.97 Å². The first-order valence-corrected chi connectivity index (χ1v) is 7.77. The summed E-state index contributed by atoms with van der Waals surface area (Å²) >= 11 is 0. The van der Waals surface area contributed by atoms with Crippen LogP contribution in [0.15, 0.2) is 72.6 Å². The molecule has 0 radical (unpaired) electrons. The van der Waals surface area contributed by atoms with E-state index in [2.05, 4.69) is 6.58 Å². The maximum atomic E-state index is 13.4. The van der Waals surface area contributed by atoms with Crippen molar-refractivity contribution in [3.8, 4) is 0 Å². The minimum absolute atomic E-state index is 0.337. The quantitative estimate of drug-likeness (QED) is 0.612. The fourth-order valence-corrected chi connectivity index (χ4v) is 3.40. The van der Waals surface area contributed by atoms with Crippen LogP contribution in [0.3, 0.4) is 0 Å².